The van der Waals surface area contributed by atoms with Crippen molar-refractivity contribution in [2.24, 2.45) is 17.3 Å². The highest BCUT2D eigenvalue weighted by Crippen LogP contribution is 2.54. The second-order valence-electron chi connectivity index (χ2n) is 5.79. The Bertz CT molecular complexity index is 294. The molecule has 0 bridgehead atoms. The number of ether oxygens (including phenoxy) is 1. The molecule has 1 aliphatic heterocycles. The van der Waals surface area contributed by atoms with Gasteiger partial charge >= 0.3 is 0 Å². The average Bonchev–Trinajstić information content (AvgIpc) is 2.25. The van der Waals surface area contributed by atoms with E-state index < -0.39 is 11.0 Å². The van der Waals surface area contributed by atoms with Gasteiger partial charge in [-0.05, 0) is 37.5 Å². The molecule has 0 spiro atoms. The van der Waals surface area contributed by atoms with Gasteiger partial charge in [0.05, 0.1) is 18.3 Å². The third kappa shape index (κ3) is 1.65. The van der Waals surface area contributed by atoms with Gasteiger partial charge in [-0.15, -0.1) is 0 Å². The van der Waals surface area contributed by atoms with Gasteiger partial charge in [0.1, 0.15) is 5.41 Å². The van der Waals surface area contributed by atoms with E-state index in [0.29, 0.717) is 18.4 Å². The van der Waals surface area contributed by atoms with Crippen LogP contribution in [0.4, 0.5) is 0 Å². The normalized spacial score (nSPS) is 43.8. The van der Waals surface area contributed by atoms with Gasteiger partial charge < -0.3 is 9.84 Å². The summed E-state index contributed by atoms with van der Waals surface area (Å²) in [5, 5.41) is 20.0. The van der Waals surface area contributed by atoms with E-state index in [-0.39, 0.29) is 0 Å². The number of hydrogen-bond donors (Lipinski definition) is 1. The van der Waals surface area contributed by atoms with E-state index in [0.717, 1.165) is 32.3 Å². The van der Waals surface area contributed by atoms with Gasteiger partial charge in [-0.25, -0.2) is 0 Å². The van der Waals surface area contributed by atoms with Crippen LogP contribution in [0.25, 0.3) is 0 Å². The fourth-order valence-corrected chi connectivity index (χ4v) is 3.02. The predicted molar refractivity (Wildman–Crippen MR) is 60.6 cm³/mol. The number of aliphatic hydroxyl groups is 1. The lowest BCUT2D eigenvalue weighted by Crippen LogP contribution is -2.60. The molecule has 2 fully saturated rings. The predicted octanol–water partition coefficient (Wildman–Crippen LogP) is 2.10. The lowest BCUT2D eigenvalue weighted by Gasteiger charge is -2.54. The van der Waals surface area contributed by atoms with Crippen LogP contribution in [0, 0.1) is 28.6 Å². The lowest BCUT2D eigenvalue weighted by atomic mass is 9.54. The zero-order valence-corrected chi connectivity index (χ0v) is 10.2. The zero-order valence-electron chi connectivity index (χ0n) is 10.2. The van der Waals surface area contributed by atoms with Crippen molar-refractivity contribution >= 4 is 0 Å². The van der Waals surface area contributed by atoms with E-state index >= 15 is 0 Å². The van der Waals surface area contributed by atoms with Crippen LogP contribution in [0.5, 0.6) is 0 Å². The van der Waals surface area contributed by atoms with Crippen LogP contribution in [0.3, 0.4) is 0 Å². The van der Waals surface area contributed by atoms with Gasteiger partial charge in [-0.2, -0.15) is 5.26 Å². The molecular weight excluding hydrogens is 202 g/mol. The van der Waals surface area contributed by atoms with E-state index in [9.17, 15) is 10.4 Å². The first-order chi connectivity index (χ1) is 7.53. The molecule has 1 heterocycles. The molecule has 1 saturated heterocycles. The van der Waals surface area contributed by atoms with Crippen LogP contribution in [0.1, 0.15) is 39.5 Å². The second kappa shape index (κ2) is 4.01. The summed E-state index contributed by atoms with van der Waals surface area (Å²) in [7, 11) is 0. The molecule has 3 nitrogen and oxygen atoms in total. The molecule has 3 heteroatoms. The largest absolute Gasteiger partial charge is 0.388 e. The number of nitriles is 1. The van der Waals surface area contributed by atoms with Crippen molar-refractivity contribution < 1.29 is 9.84 Å². The lowest BCUT2D eigenvalue weighted by molar-refractivity contribution is -0.188. The Morgan fingerprint density at radius 3 is 2.56 bits per heavy atom. The number of nitrogens with zero attached hydrogens (tertiary/aromatic N) is 1. The Morgan fingerprint density at radius 1 is 1.44 bits per heavy atom. The Balaban J connectivity index is 2.09. The van der Waals surface area contributed by atoms with E-state index in [1.165, 1.54) is 0 Å². The third-order valence-electron chi connectivity index (χ3n) is 4.49. The SMILES string of the molecule is CC(C)C1CC(O)(C2(C#N)CCCOC2)C1. The molecule has 0 amide bonds. The van der Waals surface area contributed by atoms with E-state index in [4.69, 9.17) is 4.74 Å². The highest BCUT2D eigenvalue weighted by atomic mass is 16.5. The molecule has 1 saturated carbocycles. The molecule has 90 valence electrons. The Hall–Kier alpha value is -0.590. The van der Waals surface area contributed by atoms with Gasteiger partial charge in [0.25, 0.3) is 0 Å². The van der Waals surface area contributed by atoms with Crippen LogP contribution in [-0.4, -0.2) is 23.9 Å². The number of rotatable bonds is 2. The minimum atomic E-state index is -0.795. The quantitative estimate of drug-likeness (QED) is 0.780. The summed E-state index contributed by atoms with van der Waals surface area (Å²) in [6, 6.07) is 2.34. The highest BCUT2D eigenvalue weighted by molar-refractivity contribution is 5.17. The van der Waals surface area contributed by atoms with Crippen LogP contribution in [0.15, 0.2) is 0 Å². The van der Waals surface area contributed by atoms with Crippen molar-refractivity contribution in [3.05, 3.63) is 0 Å². The van der Waals surface area contributed by atoms with Gasteiger partial charge in [-0.1, -0.05) is 13.8 Å². The molecule has 16 heavy (non-hydrogen) atoms. The topological polar surface area (TPSA) is 53.2 Å². The molecular formula is C13H21NO2. The van der Waals surface area contributed by atoms with Crippen molar-refractivity contribution in [2.45, 2.75) is 45.1 Å². The highest BCUT2D eigenvalue weighted by Gasteiger charge is 2.59. The maximum Gasteiger partial charge on any atom is 0.109 e. The van der Waals surface area contributed by atoms with Crippen LogP contribution in [-0.2, 0) is 4.74 Å². The molecule has 1 atom stereocenters. The summed E-state index contributed by atoms with van der Waals surface area (Å²) in [5.74, 6) is 1.16. The van der Waals surface area contributed by atoms with E-state index in [1.807, 2.05) is 0 Å². The molecule has 0 aromatic heterocycles. The first-order valence-corrected chi connectivity index (χ1v) is 6.24. The van der Waals surface area contributed by atoms with Crippen molar-refractivity contribution in [1.29, 1.82) is 5.26 Å². The first kappa shape index (κ1) is 11.9. The minimum absolute atomic E-state index is 0.408. The smallest absolute Gasteiger partial charge is 0.109 e. The first-order valence-electron chi connectivity index (χ1n) is 6.24. The molecule has 1 unspecified atom stereocenters. The van der Waals surface area contributed by atoms with Crippen LogP contribution < -0.4 is 0 Å². The maximum atomic E-state index is 10.6. The van der Waals surface area contributed by atoms with Crippen LogP contribution >= 0.6 is 0 Å². The van der Waals surface area contributed by atoms with Crippen molar-refractivity contribution in [3.63, 3.8) is 0 Å². The van der Waals surface area contributed by atoms with Crippen molar-refractivity contribution in [1.82, 2.24) is 0 Å². The summed E-state index contributed by atoms with van der Waals surface area (Å²) in [6.07, 6.45) is 3.20. The maximum absolute atomic E-state index is 10.6. The Kier molecular flexibility index (Phi) is 2.98. The molecule has 1 aliphatic carbocycles. The van der Waals surface area contributed by atoms with Gasteiger partial charge in [0.15, 0.2) is 0 Å². The fourth-order valence-electron chi connectivity index (χ4n) is 3.02. The van der Waals surface area contributed by atoms with E-state index in [1.54, 1.807) is 0 Å². The molecule has 0 aromatic rings. The summed E-state index contributed by atoms with van der Waals surface area (Å²) in [6.45, 7) is 5.50. The molecule has 1 N–H and O–H groups in total. The minimum Gasteiger partial charge on any atom is -0.388 e. The van der Waals surface area contributed by atoms with Gasteiger partial charge in [0, 0.05) is 6.61 Å². The van der Waals surface area contributed by atoms with Crippen LogP contribution in [0.2, 0.25) is 0 Å². The van der Waals surface area contributed by atoms with Gasteiger partial charge in [0.2, 0.25) is 0 Å². The molecule has 0 aromatic carbocycles. The standard InChI is InChI=1S/C13H21NO2/c1-10(2)11-6-13(15,7-11)12(8-14)4-3-5-16-9-12/h10-11,15H,3-7,9H2,1-2H3. The Labute approximate surface area is 97.4 Å². The monoisotopic (exact) mass is 223 g/mol. The van der Waals surface area contributed by atoms with Gasteiger partial charge in [-0.3, -0.25) is 0 Å². The summed E-state index contributed by atoms with van der Waals surface area (Å²) < 4.78 is 5.41. The van der Waals surface area contributed by atoms with Crippen molar-refractivity contribution in [2.75, 3.05) is 13.2 Å². The molecule has 0 radical (unpaired) electrons. The second-order valence-corrected chi connectivity index (χ2v) is 5.79. The third-order valence-corrected chi connectivity index (χ3v) is 4.49. The number of hydrogen-bond acceptors (Lipinski definition) is 3. The zero-order chi connectivity index (χ0) is 11.8. The fraction of sp³-hybridized carbons (Fsp3) is 0.923. The summed E-state index contributed by atoms with van der Waals surface area (Å²) in [4.78, 5) is 0. The van der Waals surface area contributed by atoms with E-state index in [2.05, 4.69) is 19.9 Å². The summed E-state index contributed by atoms with van der Waals surface area (Å²) in [5.41, 5.74) is -1.44. The molecule has 2 rings (SSSR count). The van der Waals surface area contributed by atoms with Crippen molar-refractivity contribution in [3.8, 4) is 6.07 Å². The summed E-state index contributed by atoms with van der Waals surface area (Å²) >= 11 is 0. The molecule has 2 aliphatic rings. The average molecular weight is 223 g/mol. The Morgan fingerprint density at radius 2 is 2.12 bits per heavy atom.